The number of nitrogens with one attached hydrogen (secondary N) is 1. The van der Waals surface area contributed by atoms with Crippen LogP contribution in [-0.4, -0.2) is 44.3 Å². The number of nitrogens with zero attached hydrogens (tertiary/aromatic N) is 2. The van der Waals surface area contributed by atoms with E-state index in [-0.39, 0.29) is 6.03 Å². The van der Waals surface area contributed by atoms with Crippen LogP contribution >= 0.6 is 0 Å². The second-order valence-electron chi connectivity index (χ2n) is 5.56. The Morgan fingerprint density at radius 3 is 2.41 bits per heavy atom. The summed E-state index contributed by atoms with van der Waals surface area (Å²) in [5.74, 6) is 0.663. The molecular formula is C16H23N3O3. The van der Waals surface area contributed by atoms with Gasteiger partial charge in [0, 0.05) is 32.0 Å². The van der Waals surface area contributed by atoms with Crippen LogP contribution in [-0.2, 0) is 4.74 Å². The lowest BCUT2D eigenvalue weighted by molar-refractivity contribution is 0.161. The third kappa shape index (κ3) is 4.38. The third-order valence-electron chi connectivity index (χ3n) is 3.62. The summed E-state index contributed by atoms with van der Waals surface area (Å²) in [6.07, 6.45) is 2.03. The van der Waals surface area contributed by atoms with Gasteiger partial charge in [0.05, 0.1) is 6.61 Å². The lowest BCUT2D eigenvalue weighted by Crippen LogP contribution is -2.33. The number of carbonyl (C=O) groups is 2. The molecule has 1 aromatic rings. The molecule has 3 amide bonds. The predicted molar refractivity (Wildman–Crippen MR) is 86.2 cm³/mol. The highest BCUT2D eigenvalue weighted by atomic mass is 16.6. The van der Waals surface area contributed by atoms with Crippen molar-refractivity contribution in [1.82, 2.24) is 4.90 Å². The molecule has 0 bridgehead atoms. The van der Waals surface area contributed by atoms with Crippen molar-refractivity contribution in [2.45, 2.75) is 19.8 Å². The Hall–Kier alpha value is -2.24. The van der Waals surface area contributed by atoms with Gasteiger partial charge in [0.1, 0.15) is 0 Å². The van der Waals surface area contributed by atoms with E-state index in [2.05, 4.69) is 5.32 Å². The number of carbonyl (C=O) groups excluding carboxylic acids is 2. The first-order valence-corrected chi connectivity index (χ1v) is 7.54. The van der Waals surface area contributed by atoms with E-state index in [1.54, 1.807) is 50.2 Å². The van der Waals surface area contributed by atoms with Crippen molar-refractivity contribution < 1.29 is 14.3 Å². The van der Waals surface area contributed by atoms with E-state index in [9.17, 15) is 9.59 Å². The van der Waals surface area contributed by atoms with Gasteiger partial charge in [0.2, 0.25) is 0 Å². The Kier molecular flexibility index (Phi) is 5.25. The molecular weight excluding hydrogens is 282 g/mol. The summed E-state index contributed by atoms with van der Waals surface area (Å²) in [5, 5.41) is 2.85. The minimum Gasteiger partial charge on any atom is -0.449 e. The van der Waals surface area contributed by atoms with Crippen LogP contribution in [0, 0.1) is 5.92 Å². The van der Waals surface area contributed by atoms with Crippen molar-refractivity contribution in [3.05, 3.63) is 24.3 Å². The number of urea groups is 1. The molecule has 0 atom stereocenters. The Bertz CT molecular complexity index is 526. The maximum absolute atomic E-state index is 12.0. The zero-order valence-electron chi connectivity index (χ0n) is 13.3. The number of ether oxygens (including phenoxy) is 1. The van der Waals surface area contributed by atoms with Crippen molar-refractivity contribution >= 4 is 23.5 Å². The van der Waals surface area contributed by atoms with Crippen LogP contribution in [0.4, 0.5) is 21.0 Å². The molecule has 0 spiro atoms. The fourth-order valence-corrected chi connectivity index (χ4v) is 2.08. The van der Waals surface area contributed by atoms with Crippen LogP contribution < -0.4 is 10.2 Å². The molecule has 1 saturated carbocycles. The maximum atomic E-state index is 12.0. The van der Waals surface area contributed by atoms with Gasteiger partial charge < -0.3 is 15.0 Å². The molecule has 1 aliphatic rings. The minimum atomic E-state index is -0.400. The van der Waals surface area contributed by atoms with Gasteiger partial charge in [-0.05, 0) is 49.9 Å². The molecule has 120 valence electrons. The quantitative estimate of drug-likeness (QED) is 0.909. The molecule has 0 radical (unpaired) electrons. The van der Waals surface area contributed by atoms with E-state index in [0.29, 0.717) is 23.9 Å². The largest absolute Gasteiger partial charge is 0.449 e. The van der Waals surface area contributed by atoms with Crippen LogP contribution in [0.3, 0.4) is 0 Å². The van der Waals surface area contributed by atoms with Crippen LogP contribution in [0.15, 0.2) is 24.3 Å². The van der Waals surface area contributed by atoms with Gasteiger partial charge in [-0.15, -0.1) is 0 Å². The molecule has 1 fully saturated rings. The molecule has 6 heteroatoms. The molecule has 1 N–H and O–H groups in total. The molecule has 6 nitrogen and oxygen atoms in total. The number of benzene rings is 1. The number of amides is 3. The summed E-state index contributed by atoms with van der Waals surface area (Å²) in [5.41, 5.74) is 1.41. The first-order valence-electron chi connectivity index (χ1n) is 7.54. The first-order chi connectivity index (χ1) is 10.5. The van der Waals surface area contributed by atoms with E-state index in [4.69, 9.17) is 4.74 Å². The van der Waals surface area contributed by atoms with Crippen molar-refractivity contribution in [1.29, 1.82) is 0 Å². The average Bonchev–Trinajstić information content (AvgIpc) is 3.31. The van der Waals surface area contributed by atoms with E-state index < -0.39 is 6.09 Å². The van der Waals surface area contributed by atoms with Crippen molar-refractivity contribution in [3.63, 3.8) is 0 Å². The predicted octanol–water partition coefficient (Wildman–Crippen LogP) is 3.15. The molecule has 22 heavy (non-hydrogen) atoms. The van der Waals surface area contributed by atoms with E-state index in [0.717, 1.165) is 6.54 Å². The highest BCUT2D eigenvalue weighted by Gasteiger charge is 2.24. The Morgan fingerprint density at radius 2 is 1.86 bits per heavy atom. The first kappa shape index (κ1) is 16.1. The molecule has 0 aromatic heterocycles. The van der Waals surface area contributed by atoms with Crippen molar-refractivity contribution in [2.75, 3.05) is 37.5 Å². The molecule has 0 unspecified atom stereocenters. The summed E-state index contributed by atoms with van der Waals surface area (Å²) in [6.45, 7) is 2.91. The lowest BCUT2D eigenvalue weighted by atomic mass is 10.2. The minimum absolute atomic E-state index is 0.113. The fraction of sp³-hybridized carbons (Fsp3) is 0.500. The Balaban J connectivity index is 1.90. The Labute approximate surface area is 131 Å². The van der Waals surface area contributed by atoms with Gasteiger partial charge in [-0.2, -0.15) is 0 Å². The van der Waals surface area contributed by atoms with E-state index in [1.165, 1.54) is 17.7 Å². The molecule has 0 heterocycles. The Morgan fingerprint density at radius 1 is 1.23 bits per heavy atom. The van der Waals surface area contributed by atoms with Crippen LogP contribution in [0.25, 0.3) is 0 Å². The number of hydrogen-bond donors (Lipinski definition) is 1. The molecule has 1 aliphatic carbocycles. The molecule has 1 aromatic carbocycles. The fourth-order valence-electron chi connectivity index (χ4n) is 2.08. The average molecular weight is 305 g/mol. The molecule has 0 saturated heterocycles. The summed E-state index contributed by atoms with van der Waals surface area (Å²) in [4.78, 5) is 26.8. The summed E-state index contributed by atoms with van der Waals surface area (Å²) in [7, 11) is 3.45. The van der Waals surface area contributed by atoms with Gasteiger partial charge in [-0.3, -0.25) is 4.90 Å². The van der Waals surface area contributed by atoms with Gasteiger partial charge in [0.15, 0.2) is 0 Å². The zero-order valence-corrected chi connectivity index (χ0v) is 13.3. The highest BCUT2D eigenvalue weighted by Crippen LogP contribution is 2.29. The van der Waals surface area contributed by atoms with E-state index in [1.807, 2.05) is 0 Å². The SMILES string of the molecule is CCOC(=O)N(C)c1ccc(NC(=O)N(C)CC2CC2)cc1. The van der Waals surface area contributed by atoms with Gasteiger partial charge in [-0.25, -0.2) is 9.59 Å². The van der Waals surface area contributed by atoms with Gasteiger partial charge in [-0.1, -0.05) is 0 Å². The number of rotatable bonds is 5. The van der Waals surface area contributed by atoms with E-state index >= 15 is 0 Å². The summed E-state index contributed by atoms with van der Waals surface area (Å²) in [6, 6.07) is 6.97. The summed E-state index contributed by atoms with van der Waals surface area (Å²) >= 11 is 0. The highest BCUT2D eigenvalue weighted by molar-refractivity contribution is 5.90. The monoisotopic (exact) mass is 305 g/mol. The lowest BCUT2D eigenvalue weighted by Gasteiger charge is -2.19. The second-order valence-corrected chi connectivity index (χ2v) is 5.56. The smallest absolute Gasteiger partial charge is 0.413 e. The number of anilines is 2. The van der Waals surface area contributed by atoms with Crippen LogP contribution in [0.1, 0.15) is 19.8 Å². The van der Waals surface area contributed by atoms with Crippen LogP contribution in [0.2, 0.25) is 0 Å². The van der Waals surface area contributed by atoms with Gasteiger partial charge in [0.25, 0.3) is 0 Å². The maximum Gasteiger partial charge on any atom is 0.413 e. The number of hydrogen-bond acceptors (Lipinski definition) is 3. The van der Waals surface area contributed by atoms with Gasteiger partial charge >= 0.3 is 12.1 Å². The van der Waals surface area contributed by atoms with Crippen LogP contribution in [0.5, 0.6) is 0 Å². The zero-order chi connectivity index (χ0) is 16.1. The molecule has 0 aliphatic heterocycles. The topological polar surface area (TPSA) is 61.9 Å². The van der Waals surface area contributed by atoms with Crippen molar-refractivity contribution in [3.8, 4) is 0 Å². The summed E-state index contributed by atoms with van der Waals surface area (Å²) < 4.78 is 4.94. The second kappa shape index (κ2) is 7.15. The third-order valence-corrected chi connectivity index (χ3v) is 3.62. The standard InChI is InChI=1S/C16H23N3O3/c1-4-22-16(21)19(3)14-9-7-13(8-10-14)17-15(20)18(2)11-12-5-6-12/h7-10,12H,4-6,11H2,1-3H3,(H,17,20). The normalized spacial score (nSPS) is 13.4. The molecule has 2 rings (SSSR count). The van der Waals surface area contributed by atoms with Crippen molar-refractivity contribution in [2.24, 2.45) is 5.92 Å².